The normalized spacial score (nSPS) is 21.6. The Bertz CT molecular complexity index is 572. The van der Waals surface area contributed by atoms with Crippen molar-refractivity contribution in [3.63, 3.8) is 0 Å². The summed E-state index contributed by atoms with van der Waals surface area (Å²) in [6, 6.07) is 6.83. The number of nitrogen functional groups attached to an aromatic ring is 1. The van der Waals surface area contributed by atoms with Crippen LogP contribution in [0.5, 0.6) is 0 Å². The number of hydrogen-bond acceptors (Lipinski definition) is 3. The predicted molar refractivity (Wildman–Crippen MR) is 74.7 cm³/mol. The molecule has 1 aliphatic heterocycles. The molecule has 1 aromatic heterocycles. The van der Waals surface area contributed by atoms with Crippen molar-refractivity contribution in [1.29, 1.82) is 0 Å². The molecular weight excluding hydrogens is 224 g/mol. The van der Waals surface area contributed by atoms with Gasteiger partial charge in [-0.3, -0.25) is 0 Å². The van der Waals surface area contributed by atoms with E-state index in [1.807, 2.05) is 0 Å². The zero-order valence-corrected chi connectivity index (χ0v) is 11.1. The number of likely N-dealkylation sites (N-methyl/N-ethyl adjacent to an activating group) is 1. The quantitative estimate of drug-likeness (QED) is 0.836. The third kappa shape index (κ3) is 1.86. The summed E-state index contributed by atoms with van der Waals surface area (Å²) in [6.07, 6.45) is 2.42. The molecule has 0 amide bonds. The van der Waals surface area contributed by atoms with Gasteiger partial charge in [-0.15, -0.1) is 0 Å². The molecule has 4 nitrogen and oxygen atoms in total. The van der Waals surface area contributed by atoms with Gasteiger partial charge >= 0.3 is 0 Å². The highest BCUT2D eigenvalue weighted by atomic mass is 15.2. The Morgan fingerprint density at radius 3 is 3.00 bits per heavy atom. The molecule has 0 saturated carbocycles. The summed E-state index contributed by atoms with van der Waals surface area (Å²) in [7, 11) is 2.17. The minimum Gasteiger partial charge on any atom is -0.369 e. The van der Waals surface area contributed by atoms with E-state index in [9.17, 15) is 0 Å². The van der Waals surface area contributed by atoms with E-state index in [1.54, 1.807) is 0 Å². The van der Waals surface area contributed by atoms with Gasteiger partial charge in [-0.25, -0.2) is 4.98 Å². The van der Waals surface area contributed by atoms with E-state index in [4.69, 9.17) is 5.73 Å². The Labute approximate surface area is 107 Å². The standard InChI is InChI=1S/C14H20N4/c1-10-5-6-13-12(8-10)16-14(15)18(13)11-4-3-7-17(2)9-11/h5-6,8,11H,3-4,7,9H2,1-2H3,(H2,15,16). The molecule has 1 fully saturated rings. The number of hydrogen-bond donors (Lipinski definition) is 1. The van der Waals surface area contributed by atoms with Gasteiger partial charge in [0.05, 0.1) is 11.0 Å². The molecule has 18 heavy (non-hydrogen) atoms. The fourth-order valence-corrected chi connectivity index (χ4v) is 2.96. The van der Waals surface area contributed by atoms with Gasteiger partial charge < -0.3 is 15.2 Å². The molecule has 2 N–H and O–H groups in total. The molecule has 0 radical (unpaired) electrons. The number of aryl methyl sites for hydroxylation is 1. The van der Waals surface area contributed by atoms with Gasteiger partial charge in [-0.05, 0) is 51.1 Å². The zero-order valence-electron chi connectivity index (χ0n) is 11.1. The number of imidazole rings is 1. The maximum atomic E-state index is 6.11. The minimum absolute atomic E-state index is 0.455. The summed E-state index contributed by atoms with van der Waals surface area (Å²) in [5.41, 5.74) is 9.52. The van der Waals surface area contributed by atoms with Crippen LogP contribution in [0.1, 0.15) is 24.4 Å². The van der Waals surface area contributed by atoms with Crippen LogP contribution >= 0.6 is 0 Å². The van der Waals surface area contributed by atoms with Crippen molar-refractivity contribution >= 4 is 17.0 Å². The summed E-state index contributed by atoms with van der Waals surface area (Å²) < 4.78 is 2.21. The van der Waals surface area contributed by atoms with Gasteiger partial charge in [0.2, 0.25) is 5.95 Å². The first-order valence-corrected chi connectivity index (χ1v) is 6.58. The minimum atomic E-state index is 0.455. The second-order valence-corrected chi connectivity index (χ2v) is 5.39. The Kier molecular flexibility index (Phi) is 2.74. The molecule has 0 bridgehead atoms. The average Bonchev–Trinajstić information content (AvgIpc) is 2.64. The van der Waals surface area contributed by atoms with Gasteiger partial charge in [-0.1, -0.05) is 6.07 Å². The van der Waals surface area contributed by atoms with Crippen LogP contribution in [0.25, 0.3) is 11.0 Å². The number of fused-ring (bicyclic) bond motifs is 1. The summed E-state index contributed by atoms with van der Waals surface area (Å²) in [4.78, 5) is 6.87. The first kappa shape index (κ1) is 11.5. The van der Waals surface area contributed by atoms with E-state index in [-0.39, 0.29) is 0 Å². The Morgan fingerprint density at radius 2 is 2.22 bits per heavy atom. The summed E-state index contributed by atoms with van der Waals surface area (Å²) >= 11 is 0. The third-order valence-electron chi connectivity index (χ3n) is 3.84. The van der Waals surface area contributed by atoms with E-state index in [0.717, 1.165) is 12.1 Å². The van der Waals surface area contributed by atoms with Crippen LogP contribution in [0.4, 0.5) is 5.95 Å². The lowest BCUT2D eigenvalue weighted by atomic mass is 10.1. The van der Waals surface area contributed by atoms with Crippen molar-refractivity contribution in [3.8, 4) is 0 Å². The molecule has 3 rings (SSSR count). The van der Waals surface area contributed by atoms with Crippen molar-refractivity contribution in [3.05, 3.63) is 23.8 Å². The van der Waals surface area contributed by atoms with Crippen molar-refractivity contribution in [2.24, 2.45) is 0 Å². The van der Waals surface area contributed by atoms with Gasteiger partial charge in [0.15, 0.2) is 0 Å². The largest absolute Gasteiger partial charge is 0.369 e. The molecule has 0 aliphatic carbocycles. The number of likely N-dealkylation sites (tertiary alicyclic amines) is 1. The number of nitrogens with two attached hydrogens (primary N) is 1. The number of piperidine rings is 1. The van der Waals surface area contributed by atoms with E-state index < -0.39 is 0 Å². The van der Waals surface area contributed by atoms with Gasteiger partial charge in [-0.2, -0.15) is 0 Å². The molecule has 1 aliphatic rings. The maximum Gasteiger partial charge on any atom is 0.201 e. The lowest BCUT2D eigenvalue weighted by Gasteiger charge is -2.31. The molecule has 4 heteroatoms. The Hall–Kier alpha value is -1.55. The monoisotopic (exact) mass is 244 g/mol. The first-order chi connectivity index (χ1) is 8.65. The fraction of sp³-hybridized carbons (Fsp3) is 0.500. The highest BCUT2D eigenvalue weighted by molar-refractivity contribution is 5.79. The average molecular weight is 244 g/mol. The predicted octanol–water partition coefficient (Wildman–Crippen LogP) is 2.19. The molecule has 1 aromatic carbocycles. The van der Waals surface area contributed by atoms with Crippen LogP contribution in [0.2, 0.25) is 0 Å². The first-order valence-electron chi connectivity index (χ1n) is 6.58. The van der Waals surface area contributed by atoms with Crippen LogP contribution in [0, 0.1) is 6.92 Å². The van der Waals surface area contributed by atoms with Gasteiger partial charge in [0.1, 0.15) is 0 Å². The second-order valence-electron chi connectivity index (χ2n) is 5.39. The van der Waals surface area contributed by atoms with Crippen LogP contribution in [0.15, 0.2) is 18.2 Å². The van der Waals surface area contributed by atoms with E-state index >= 15 is 0 Å². The SMILES string of the molecule is Cc1ccc2c(c1)nc(N)n2C1CCCN(C)C1. The Balaban J connectivity index is 2.07. The summed E-state index contributed by atoms with van der Waals surface area (Å²) in [6.45, 7) is 4.33. The highest BCUT2D eigenvalue weighted by Crippen LogP contribution is 2.28. The lowest BCUT2D eigenvalue weighted by Crippen LogP contribution is -2.33. The molecule has 1 unspecified atom stereocenters. The van der Waals surface area contributed by atoms with Gasteiger partial charge in [0.25, 0.3) is 0 Å². The maximum absolute atomic E-state index is 6.11. The molecule has 1 atom stereocenters. The molecule has 96 valence electrons. The number of aromatic nitrogens is 2. The summed E-state index contributed by atoms with van der Waals surface area (Å²) in [5, 5.41) is 0. The molecule has 2 aromatic rings. The van der Waals surface area contributed by atoms with Crippen molar-refractivity contribution in [2.45, 2.75) is 25.8 Å². The highest BCUT2D eigenvalue weighted by Gasteiger charge is 2.22. The topological polar surface area (TPSA) is 47.1 Å². The fourth-order valence-electron chi connectivity index (χ4n) is 2.96. The molecule has 2 heterocycles. The lowest BCUT2D eigenvalue weighted by molar-refractivity contribution is 0.216. The van der Waals surface area contributed by atoms with E-state index in [1.165, 1.54) is 30.5 Å². The number of anilines is 1. The van der Waals surface area contributed by atoms with E-state index in [2.05, 4.69) is 46.6 Å². The van der Waals surface area contributed by atoms with Crippen molar-refractivity contribution in [2.75, 3.05) is 25.9 Å². The Morgan fingerprint density at radius 1 is 1.39 bits per heavy atom. The third-order valence-corrected chi connectivity index (χ3v) is 3.84. The van der Waals surface area contributed by atoms with Crippen molar-refractivity contribution in [1.82, 2.24) is 14.5 Å². The number of benzene rings is 1. The summed E-state index contributed by atoms with van der Waals surface area (Å²) in [5.74, 6) is 0.649. The second kappa shape index (κ2) is 4.28. The van der Waals surface area contributed by atoms with Crippen LogP contribution in [0.3, 0.4) is 0 Å². The van der Waals surface area contributed by atoms with Gasteiger partial charge in [0, 0.05) is 12.6 Å². The molecular formula is C14H20N4. The van der Waals surface area contributed by atoms with Crippen LogP contribution < -0.4 is 5.73 Å². The number of nitrogens with zero attached hydrogens (tertiary/aromatic N) is 3. The smallest absolute Gasteiger partial charge is 0.201 e. The zero-order chi connectivity index (χ0) is 12.7. The van der Waals surface area contributed by atoms with Crippen molar-refractivity contribution < 1.29 is 0 Å². The molecule has 0 spiro atoms. The van der Waals surface area contributed by atoms with Crippen LogP contribution in [-0.4, -0.2) is 34.6 Å². The number of rotatable bonds is 1. The van der Waals surface area contributed by atoms with Crippen LogP contribution in [-0.2, 0) is 0 Å². The van der Waals surface area contributed by atoms with E-state index in [0.29, 0.717) is 12.0 Å². The molecule has 1 saturated heterocycles.